The monoisotopic (exact) mass is 400 g/mol. The maximum atomic E-state index is 13.1. The van der Waals surface area contributed by atoms with Crippen LogP contribution in [-0.4, -0.2) is 28.8 Å². The van der Waals surface area contributed by atoms with Gasteiger partial charge in [0.1, 0.15) is 6.04 Å². The van der Waals surface area contributed by atoms with Gasteiger partial charge >= 0.3 is 0 Å². The Bertz CT molecular complexity index is 760. The number of hydrogen-bond acceptors (Lipinski definition) is 2. The SMILES string of the molecule is CC[C@H](C(=O)NC(C)C)N(Cc1ccc(Cl)cc1)C(=O)CCc1ccccc1. The topological polar surface area (TPSA) is 49.4 Å². The standard InChI is InChI=1S/C23H29ClN2O2/c1-4-21(23(28)25-17(2)3)26(16-19-10-13-20(24)14-11-19)22(27)15-12-18-8-6-5-7-9-18/h5-11,13-14,17,21H,4,12,15-16H2,1-3H3,(H,25,28)/t21-/m1/s1. The van der Waals surface area contributed by atoms with Crippen molar-refractivity contribution in [3.63, 3.8) is 0 Å². The van der Waals surface area contributed by atoms with Gasteiger partial charge in [-0.2, -0.15) is 0 Å². The first-order valence-corrected chi connectivity index (χ1v) is 10.2. The second-order valence-electron chi connectivity index (χ2n) is 7.22. The Kier molecular flexibility index (Phi) is 8.52. The number of aryl methyl sites for hydroxylation is 1. The van der Waals surface area contributed by atoms with Crippen LogP contribution in [0.25, 0.3) is 0 Å². The van der Waals surface area contributed by atoms with Gasteiger partial charge in [0.15, 0.2) is 0 Å². The minimum atomic E-state index is -0.499. The van der Waals surface area contributed by atoms with E-state index in [1.807, 2.05) is 63.2 Å². The molecule has 0 spiro atoms. The average Bonchev–Trinajstić information content (AvgIpc) is 2.67. The fourth-order valence-corrected chi connectivity index (χ4v) is 3.25. The summed E-state index contributed by atoms with van der Waals surface area (Å²) in [6, 6.07) is 16.9. The van der Waals surface area contributed by atoms with Crippen LogP contribution in [0.4, 0.5) is 0 Å². The third-order valence-corrected chi connectivity index (χ3v) is 4.81. The van der Waals surface area contributed by atoms with Gasteiger partial charge in [-0.25, -0.2) is 0 Å². The molecule has 0 aromatic heterocycles. The van der Waals surface area contributed by atoms with Gasteiger partial charge < -0.3 is 10.2 Å². The van der Waals surface area contributed by atoms with Crippen LogP contribution in [0.15, 0.2) is 54.6 Å². The van der Waals surface area contributed by atoms with Gasteiger partial charge in [-0.1, -0.05) is 61.0 Å². The Morgan fingerprint density at radius 3 is 2.21 bits per heavy atom. The molecule has 4 nitrogen and oxygen atoms in total. The quantitative estimate of drug-likeness (QED) is 0.668. The molecule has 28 heavy (non-hydrogen) atoms. The Morgan fingerprint density at radius 1 is 1.00 bits per heavy atom. The molecular weight excluding hydrogens is 372 g/mol. The zero-order valence-electron chi connectivity index (χ0n) is 16.8. The van der Waals surface area contributed by atoms with Gasteiger partial charge in [0, 0.05) is 24.0 Å². The highest BCUT2D eigenvalue weighted by Crippen LogP contribution is 2.17. The van der Waals surface area contributed by atoms with Gasteiger partial charge in [-0.15, -0.1) is 0 Å². The zero-order chi connectivity index (χ0) is 20.5. The molecule has 0 fully saturated rings. The molecule has 2 aromatic rings. The summed E-state index contributed by atoms with van der Waals surface area (Å²) in [6.07, 6.45) is 1.57. The van der Waals surface area contributed by atoms with Gasteiger partial charge in [0.2, 0.25) is 11.8 Å². The van der Waals surface area contributed by atoms with Crippen molar-refractivity contribution in [2.45, 2.75) is 58.7 Å². The van der Waals surface area contributed by atoms with E-state index in [9.17, 15) is 9.59 Å². The number of halogens is 1. The lowest BCUT2D eigenvalue weighted by molar-refractivity contribution is -0.141. The van der Waals surface area contributed by atoms with Crippen molar-refractivity contribution in [1.29, 1.82) is 0 Å². The first-order chi connectivity index (χ1) is 13.4. The number of rotatable bonds is 9. The summed E-state index contributed by atoms with van der Waals surface area (Å²) < 4.78 is 0. The van der Waals surface area contributed by atoms with Crippen LogP contribution in [0.3, 0.4) is 0 Å². The number of benzene rings is 2. The summed E-state index contributed by atoms with van der Waals surface area (Å²) in [5.74, 6) is -0.135. The molecule has 2 aromatic carbocycles. The Hall–Kier alpha value is -2.33. The Morgan fingerprint density at radius 2 is 1.64 bits per heavy atom. The first-order valence-electron chi connectivity index (χ1n) is 9.79. The molecule has 0 saturated carbocycles. The summed E-state index contributed by atoms with van der Waals surface area (Å²) >= 11 is 5.98. The minimum Gasteiger partial charge on any atom is -0.352 e. The number of nitrogens with zero attached hydrogens (tertiary/aromatic N) is 1. The molecule has 5 heteroatoms. The largest absolute Gasteiger partial charge is 0.352 e. The number of nitrogens with one attached hydrogen (secondary N) is 1. The molecule has 0 radical (unpaired) electrons. The smallest absolute Gasteiger partial charge is 0.243 e. The van der Waals surface area contributed by atoms with Crippen molar-refractivity contribution < 1.29 is 9.59 Å². The molecule has 0 bridgehead atoms. The highest BCUT2D eigenvalue weighted by Gasteiger charge is 2.28. The second kappa shape index (κ2) is 10.9. The predicted molar refractivity (Wildman–Crippen MR) is 114 cm³/mol. The van der Waals surface area contributed by atoms with E-state index in [1.54, 1.807) is 17.0 Å². The number of carbonyl (C=O) groups excluding carboxylic acids is 2. The normalized spacial score (nSPS) is 11.9. The van der Waals surface area contributed by atoms with Crippen LogP contribution < -0.4 is 5.32 Å². The van der Waals surface area contributed by atoms with Crippen molar-refractivity contribution in [3.05, 3.63) is 70.7 Å². The van der Waals surface area contributed by atoms with Crippen molar-refractivity contribution in [2.75, 3.05) is 0 Å². The van der Waals surface area contributed by atoms with Crippen LogP contribution in [0.1, 0.15) is 44.7 Å². The fourth-order valence-electron chi connectivity index (χ4n) is 3.13. The van der Waals surface area contributed by atoms with Crippen LogP contribution in [0.5, 0.6) is 0 Å². The molecule has 2 amide bonds. The molecule has 1 atom stereocenters. The lowest BCUT2D eigenvalue weighted by Crippen LogP contribution is -2.50. The molecule has 0 aliphatic heterocycles. The lowest BCUT2D eigenvalue weighted by Gasteiger charge is -2.31. The maximum absolute atomic E-state index is 13.1. The average molecular weight is 401 g/mol. The van der Waals surface area contributed by atoms with Crippen molar-refractivity contribution >= 4 is 23.4 Å². The number of hydrogen-bond donors (Lipinski definition) is 1. The lowest BCUT2D eigenvalue weighted by atomic mass is 10.1. The van der Waals surface area contributed by atoms with E-state index in [2.05, 4.69) is 5.32 Å². The van der Waals surface area contributed by atoms with Gasteiger partial charge in [0.25, 0.3) is 0 Å². The predicted octanol–water partition coefficient (Wildman–Crippen LogP) is 4.60. The van der Waals surface area contributed by atoms with E-state index in [0.29, 0.717) is 30.8 Å². The van der Waals surface area contributed by atoms with Crippen molar-refractivity contribution in [1.82, 2.24) is 10.2 Å². The zero-order valence-corrected chi connectivity index (χ0v) is 17.6. The highest BCUT2D eigenvalue weighted by atomic mass is 35.5. The maximum Gasteiger partial charge on any atom is 0.243 e. The third kappa shape index (κ3) is 6.68. The van der Waals surface area contributed by atoms with Crippen molar-refractivity contribution in [3.8, 4) is 0 Å². The summed E-state index contributed by atoms with van der Waals surface area (Å²) in [5, 5.41) is 3.59. The highest BCUT2D eigenvalue weighted by molar-refractivity contribution is 6.30. The second-order valence-corrected chi connectivity index (χ2v) is 7.66. The summed E-state index contributed by atoms with van der Waals surface area (Å²) in [4.78, 5) is 27.5. The molecule has 0 saturated heterocycles. The summed E-state index contributed by atoms with van der Waals surface area (Å²) in [5.41, 5.74) is 2.07. The van der Waals surface area contributed by atoms with E-state index in [1.165, 1.54) is 0 Å². The van der Waals surface area contributed by atoms with Crippen LogP contribution in [0, 0.1) is 0 Å². The molecule has 0 aliphatic carbocycles. The number of amides is 2. The van der Waals surface area contributed by atoms with Crippen LogP contribution >= 0.6 is 11.6 Å². The molecule has 0 aliphatic rings. The molecule has 0 unspecified atom stereocenters. The minimum absolute atomic E-state index is 0.0236. The molecule has 0 heterocycles. The number of carbonyl (C=O) groups is 2. The van der Waals surface area contributed by atoms with Gasteiger partial charge in [0.05, 0.1) is 0 Å². The third-order valence-electron chi connectivity index (χ3n) is 4.55. The van der Waals surface area contributed by atoms with E-state index in [-0.39, 0.29) is 17.9 Å². The molecule has 2 rings (SSSR count). The summed E-state index contributed by atoms with van der Waals surface area (Å²) in [7, 11) is 0. The Balaban J connectivity index is 2.18. The first kappa shape index (κ1) is 22.0. The molecule has 1 N–H and O–H groups in total. The van der Waals surface area contributed by atoms with Crippen LogP contribution in [-0.2, 0) is 22.6 Å². The Labute approximate surface area is 172 Å². The van der Waals surface area contributed by atoms with E-state index in [0.717, 1.165) is 11.1 Å². The van der Waals surface area contributed by atoms with E-state index < -0.39 is 6.04 Å². The van der Waals surface area contributed by atoms with E-state index >= 15 is 0 Å². The van der Waals surface area contributed by atoms with Gasteiger partial charge in [-0.05, 0) is 49.9 Å². The fraction of sp³-hybridized carbons (Fsp3) is 0.391. The summed E-state index contributed by atoms with van der Waals surface area (Å²) in [6.45, 7) is 6.16. The van der Waals surface area contributed by atoms with Gasteiger partial charge in [-0.3, -0.25) is 9.59 Å². The van der Waals surface area contributed by atoms with Crippen LogP contribution in [0.2, 0.25) is 5.02 Å². The van der Waals surface area contributed by atoms with E-state index in [4.69, 9.17) is 11.6 Å². The molecular formula is C23H29ClN2O2. The van der Waals surface area contributed by atoms with Crippen molar-refractivity contribution in [2.24, 2.45) is 0 Å². The molecule has 150 valence electrons.